The molecule has 0 fully saturated rings. The molecule has 1 atom stereocenters. The number of aliphatic hydroxyl groups excluding tert-OH is 1. The van der Waals surface area contributed by atoms with Gasteiger partial charge in [-0.25, -0.2) is 4.79 Å². The van der Waals surface area contributed by atoms with E-state index in [2.05, 4.69) is 29.5 Å². The molecule has 7 heteroatoms. The molecule has 108 valence electrons. The monoisotopic (exact) mass is 270 g/mol. The van der Waals surface area contributed by atoms with Crippen molar-refractivity contribution in [2.75, 3.05) is 13.1 Å². The fourth-order valence-corrected chi connectivity index (χ4v) is 1.95. The number of nitrogens with one attached hydrogen (secondary N) is 1. The predicted molar refractivity (Wildman–Crippen MR) is 69.9 cm³/mol. The van der Waals surface area contributed by atoms with E-state index in [-0.39, 0.29) is 11.8 Å². The number of aliphatic hydroxyl groups is 1. The summed E-state index contributed by atoms with van der Waals surface area (Å²) in [4.78, 5) is 10.6. The number of hydrogen-bond donors (Lipinski definition) is 3. The van der Waals surface area contributed by atoms with Crippen LogP contribution in [-0.2, 0) is 6.54 Å². The van der Waals surface area contributed by atoms with Crippen molar-refractivity contribution in [3.05, 3.63) is 11.9 Å². The molecule has 0 aliphatic rings. The van der Waals surface area contributed by atoms with E-state index < -0.39 is 5.97 Å². The van der Waals surface area contributed by atoms with Gasteiger partial charge in [0.05, 0.1) is 18.8 Å². The van der Waals surface area contributed by atoms with Crippen LogP contribution in [0.2, 0.25) is 0 Å². The lowest BCUT2D eigenvalue weighted by atomic mass is 9.97. The van der Waals surface area contributed by atoms with Crippen LogP contribution in [-0.4, -0.2) is 50.4 Å². The van der Waals surface area contributed by atoms with Crippen molar-refractivity contribution in [1.29, 1.82) is 0 Å². The highest BCUT2D eigenvalue weighted by molar-refractivity contribution is 5.84. The van der Waals surface area contributed by atoms with E-state index in [0.29, 0.717) is 25.6 Å². The summed E-state index contributed by atoms with van der Waals surface area (Å²) in [6, 6.07) is 0. The molecule has 3 N–H and O–H groups in total. The fourth-order valence-electron chi connectivity index (χ4n) is 1.95. The van der Waals surface area contributed by atoms with Crippen LogP contribution in [0, 0.1) is 5.92 Å². The summed E-state index contributed by atoms with van der Waals surface area (Å²) in [5.74, 6) is -0.763. The van der Waals surface area contributed by atoms with Crippen molar-refractivity contribution >= 4 is 5.97 Å². The number of nitrogens with zero attached hydrogens (tertiary/aromatic N) is 3. The Balaban J connectivity index is 2.24. The molecule has 7 nitrogen and oxygen atoms in total. The fraction of sp³-hybridized carbons (Fsp3) is 0.750. The van der Waals surface area contributed by atoms with Crippen LogP contribution in [0.4, 0.5) is 0 Å². The van der Waals surface area contributed by atoms with E-state index in [1.807, 2.05) is 0 Å². The summed E-state index contributed by atoms with van der Waals surface area (Å²) in [5, 5.41) is 29.0. The van der Waals surface area contributed by atoms with Gasteiger partial charge in [0.1, 0.15) is 0 Å². The van der Waals surface area contributed by atoms with Crippen LogP contribution in [0.1, 0.15) is 37.2 Å². The summed E-state index contributed by atoms with van der Waals surface area (Å²) < 4.78 is 1.47. The highest BCUT2D eigenvalue weighted by atomic mass is 16.4. The summed E-state index contributed by atoms with van der Waals surface area (Å²) in [5.41, 5.74) is -0.0583. The Hall–Kier alpha value is -1.47. The lowest BCUT2D eigenvalue weighted by Gasteiger charge is -2.20. The number of carboxylic acids is 1. The van der Waals surface area contributed by atoms with Crippen molar-refractivity contribution in [3.63, 3.8) is 0 Å². The molecule has 1 aromatic heterocycles. The van der Waals surface area contributed by atoms with Gasteiger partial charge in [0, 0.05) is 13.1 Å². The number of rotatable bonds is 9. The van der Waals surface area contributed by atoms with Gasteiger partial charge in [0.15, 0.2) is 5.69 Å². The zero-order valence-corrected chi connectivity index (χ0v) is 11.4. The van der Waals surface area contributed by atoms with Crippen molar-refractivity contribution in [2.24, 2.45) is 5.92 Å². The largest absolute Gasteiger partial charge is 0.476 e. The summed E-state index contributed by atoms with van der Waals surface area (Å²) in [6.45, 7) is 5.81. The molecule has 0 spiro atoms. The first-order valence-corrected chi connectivity index (χ1v) is 6.60. The van der Waals surface area contributed by atoms with E-state index in [4.69, 9.17) is 5.11 Å². The van der Waals surface area contributed by atoms with Gasteiger partial charge in [0.25, 0.3) is 0 Å². The van der Waals surface area contributed by atoms with Crippen LogP contribution in [0.15, 0.2) is 6.20 Å². The minimum atomic E-state index is -1.08. The first-order chi connectivity index (χ1) is 9.08. The highest BCUT2D eigenvalue weighted by Crippen LogP contribution is 2.11. The Morgan fingerprint density at radius 1 is 1.47 bits per heavy atom. The van der Waals surface area contributed by atoms with Crippen LogP contribution < -0.4 is 5.32 Å². The van der Waals surface area contributed by atoms with Crippen LogP contribution >= 0.6 is 0 Å². The van der Waals surface area contributed by atoms with Gasteiger partial charge in [-0.15, -0.1) is 5.10 Å². The second-order valence-corrected chi connectivity index (χ2v) is 4.52. The summed E-state index contributed by atoms with van der Waals surface area (Å²) in [6.07, 6.45) is 2.97. The number of hydrogen-bond acceptors (Lipinski definition) is 5. The zero-order chi connectivity index (χ0) is 14.3. The van der Waals surface area contributed by atoms with E-state index in [1.165, 1.54) is 10.9 Å². The van der Waals surface area contributed by atoms with Crippen LogP contribution in [0.5, 0.6) is 0 Å². The average Bonchev–Trinajstić information content (AvgIpc) is 2.85. The highest BCUT2D eigenvalue weighted by Gasteiger charge is 2.14. The molecule has 0 bridgehead atoms. The molecule has 0 aliphatic heterocycles. The van der Waals surface area contributed by atoms with Gasteiger partial charge >= 0.3 is 5.97 Å². The third-order valence-electron chi connectivity index (χ3n) is 3.22. The molecule has 1 heterocycles. The maximum atomic E-state index is 10.6. The van der Waals surface area contributed by atoms with E-state index in [0.717, 1.165) is 12.8 Å². The summed E-state index contributed by atoms with van der Waals surface area (Å²) >= 11 is 0. The number of aromatic carboxylic acids is 1. The van der Waals surface area contributed by atoms with Crippen molar-refractivity contribution in [2.45, 2.75) is 39.3 Å². The molecular weight excluding hydrogens is 248 g/mol. The number of carbonyl (C=O) groups is 1. The third-order valence-corrected chi connectivity index (χ3v) is 3.22. The zero-order valence-electron chi connectivity index (χ0n) is 11.4. The predicted octanol–water partition coefficient (Wildman–Crippen LogP) is 0.363. The first-order valence-electron chi connectivity index (χ1n) is 6.60. The number of aromatic nitrogens is 3. The maximum absolute atomic E-state index is 10.6. The Labute approximate surface area is 112 Å². The summed E-state index contributed by atoms with van der Waals surface area (Å²) in [7, 11) is 0. The Morgan fingerprint density at radius 3 is 2.68 bits per heavy atom. The Morgan fingerprint density at radius 2 is 2.16 bits per heavy atom. The van der Waals surface area contributed by atoms with Crippen molar-refractivity contribution in [3.8, 4) is 0 Å². The molecule has 0 aliphatic carbocycles. The van der Waals surface area contributed by atoms with Crippen molar-refractivity contribution < 1.29 is 15.0 Å². The molecular formula is C12H22N4O3. The molecule has 1 aromatic rings. The molecule has 1 unspecified atom stereocenters. The second-order valence-electron chi connectivity index (χ2n) is 4.52. The smallest absolute Gasteiger partial charge is 0.358 e. The van der Waals surface area contributed by atoms with Gasteiger partial charge in [-0.3, -0.25) is 4.68 Å². The van der Waals surface area contributed by atoms with Gasteiger partial charge in [0.2, 0.25) is 0 Å². The second kappa shape index (κ2) is 7.85. The maximum Gasteiger partial charge on any atom is 0.358 e. The average molecular weight is 270 g/mol. The van der Waals surface area contributed by atoms with E-state index >= 15 is 0 Å². The quantitative estimate of drug-likeness (QED) is 0.560. The molecule has 1 rings (SSSR count). The normalized spacial score (nSPS) is 12.8. The standard InChI is InChI=1S/C12H22N4O3/c1-3-9(4-2)11(17)7-13-5-6-16-8-10(12(18)19)14-15-16/h8-9,11,13,17H,3-7H2,1-2H3,(H,18,19). The van der Waals surface area contributed by atoms with Gasteiger partial charge < -0.3 is 15.5 Å². The minimum absolute atomic E-state index is 0.0583. The molecule has 0 radical (unpaired) electrons. The molecule has 0 saturated heterocycles. The topological polar surface area (TPSA) is 100 Å². The Kier molecular flexibility index (Phi) is 6.44. The van der Waals surface area contributed by atoms with E-state index in [1.54, 1.807) is 0 Å². The SMILES string of the molecule is CCC(CC)C(O)CNCCn1cc(C(=O)O)nn1. The van der Waals surface area contributed by atoms with Gasteiger partial charge in [-0.2, -0.15) is 0 Å². The lowest BCUT2D eigenvalue weighted by molar-refractivity contribution is 0.0690. The first kappa shape index (κ1) is 15.6. The third kappa shape index (κ3) is 4.96. The molecule has 0 saturated carbocycles. The van der Waals surface area contributed by atoms with Crippen LogP contribution in [0.3, 0.4) is 0 Å². The van der Waals surface area contributed by atoms with Gasteiger partial charge in [-0.05, 0) is 5.92 Å². The Bertz CT molecular complexity index is 390. The molecule has 0 aromatic carbocycles. The lowest BCUT2D eigenvalue weighted by Crippen LogP contribution is -2.34. The van der Waals surface area contributed by atoms with E-state index in [9.17, 15) is 9.90 Å². The van der Waals surface area contributed by atoms with Crippen LogP contribution in [0.25, 0.3) is 0 Å². The number of carboxylic acid groups (broad SMARTS) is 1. The molecule has 0 amide bonds. The minimum Gasteiger partial charge on any atom is -0.476 e. The van der Waals surface area contributed by atoms with Crippen molar-refractivity contribution in [1.82, 2.24) is 20.3 Å². The molecule has 19 heavy (non-hydrogen) atoms. The van der Waals surface area contributed by atoms with Gasteiger partial charge in [-0.1, -0.05) is 31.9 Å².